The highest BCUT2D eigenvalue weighted by Gasteiger charge is 2.33. The number of benzene rings is 3. The highest BCUT2D eigenvalue weighted by atomic mass is 32.2. The van der Waals surface area contributed by atoms with Crippen molar-refractivity contribution < 1.29 is 18.0 Å². The van der Waals surface area contributed by atoms with Gasteiger partial charge in [0.25, 0.3) is 5.91 Å². The molecule has 0 radical (unpaired) electrons. The summed E-state index contributed by atoms with van der Waals surface area (Å²) >= 11 is 0. The molecular weight excluding hydrogens is 524 g/mol. The van der Waals surface area contributed by atoms with Gasteiger partial charge >= 0.3 is 0 Å². The van der Waals surface area contributed by atoms with Crippen LogP contribution in [-0.4, -0.2) is 68.8 Å². The minimum absolute atomic E-state index is 0.0206. The van der Waals surface area contributed by atoms with Gasteiger partial charge in [0.1, 0.15) is 0 Å². The zero-order chi connectivity index (χ0) is 28.3. The number of aryl methyl sites for hydroxylation is 1. The third kappa shape index (κ3) is 6.22. The van der Waals surface area contributed by atoms with Crippen molar-refractivity contribution in [3.05, 3.63) is 71.8 Å². The third-order valence-electron chi connectivity index (χ3n) is 8.18. The summed E-state index contributed by atoms with van der Waals surface area (Å²) in [5.41, 5.74) is 1.98. The molecule has 0 aromatic heterocycles. The molecule has 8 nitrogen and oxygen atoms in total. The van der Waals surface area contributed by atoms with Gasteiger partial charge in [0.05, 0.1) is 11.4 Å². The van der Waals surface area contributed by atoms with E-state index in [1.165, 1.54) is 6.42 Å². The molecule has 0 aliphatic carbocycles. The molecule has 9 heteroatoms. The van der Waals surface area contributed by atoms with Crippen LogP contribution in [0.1, 0.15) is 48.5 Å². The smallest absolute Gasteiger partial charge is 0.255 e. The van der Waals surface area contributed by atoms with E-state index >= 15 is 0 Å². The third-order valence-corrected chi connectivity index (χ3v) is 9.73. The van der Waals surface area contributed by atoms with E-state index in [0.717, 1.165) is 31.5 Å². The first-order valence-corrected chi connectivity index (χ1v) is 15.6. The molecule has 2 fully saturated rings. The van der Waals surface area contributed by atoms with Gasteiger partial charge in [0, 0.05) is 41.2 Å². The van der Waals surface area contributed by atoms with Gasteiger partial charge in [-0.15, -0.1) is 0 Å². The highest BCUT2D eigenvalue weighted by Crippen LogP contribution is 2.31. The molecule has 2 heterocycles. The van der Waals surface area contributed by atoms with E-state index < -0.39 is 10.0 Å². The lowest BCUT2D eigenvalue weighted by Crippen LogP contribution is -2.53. The van der Waals surface area contributed by atoms with E-state index in [1.54, 1.807) is 30.3 Å². The number of piperidine rings is 2. The summed E-state index contributed by atoms with van der Waals surface area (Å²) in [4.78, 5) is 30.2. The summed E-state index contributed by atoms with van der Waals surface area (Å²) in [6.45, 7) is 7.33. The topological polar surface area (TPSA) is 98.8 Å². The fraction of sp³-hybridized carbons (Fsp3) is 0.419. The maximum absolute atomic E-state index is 13.7. The lowest BCUT2D eigenvalue weighted by Gasteiger charge is -2.38. The fourth-order valence-corrected chi connectivity index (χ4v) is 7.44. The maximum Gasteiger partial charge on any atom is 0.255 e. The lowest BCUT2D eigenvalue weighted by atomic mass is 9.95. The van der Waals surface area contributed by atoms with Gasteiger partial charge in [-0.3, -0.25) is 14.5 Å². The van der Waals surface area contributed by atoms with Crippen molar-refractivity contribution in [1.82, 2.24) is 14.5 Å². The average molecular weight is 563 g/mol. The Bertz CT molecular complexity index is 1500. The van der Waals surface area contributed by atoms with E-state index in [2.05, 4.69) is 14.9 Å². The Kier molecular flexibility index (Phi) is 8.54. The van der Waals surface area contributed by atoms with Gasteiger partial charge in [-0.1, -0.05) is 55.8 Å². The summed E-state index contributed by atoms with van der Waals surface area (Å²) in [6, 6.07) is 17.5. The second kappa shape index (κ2) is 12.1. The molecule has 2 amide bonds. The number of nitrogens with zero attached hydrogens (tertiary/aromatic N) is 2. The lowest BCUT2D eigenvalue weighted by molar-refractivity contribution is -0.134. The Balaban J connectivity index is 1.29. The summed E-state index contributed by atoms with van der Waals surface area (Å²) in [6.07, 6.45) is 4.08. The first-order valence-electron chi connectivity index (χ1n) is 14.1. The molecule has 2 unspecified atom stereocenters. The number of sulfonamides is 1. The fourth-order valence-electron chi connectivity index (χ4n) is 5.85. The molecule has 3 aromatic carbocycles. The van der Waals surface area contributed by atoms with Gasteiger partial charge in [-0.2, -0.15) is 0 Å². The first kappa shape index (κ1) is 28.3. The minimum atomic E-state index is -3.86. The van der Waals surface area contributed by atoms with Crippen LogP contribution in [0.3, 0.4) is 0 Å². The Morgan fingerprint density at radius 1 is 0.900 bits per heavy atom. The number of carbonyl (C=O) groups is 2. The van der Waals surface area contributed by atoms with Gasteiger partial charge in [-0.25, -0.2) is 13.1 Å². The van der Waals surface area contributed by atoms with Gasteiger partial charge in [0.15, 0.2) is 0 Å². The summed E-state index contributed by atoms with van der Waals surface area (Å²) in [7, 11) is -3.86. The van der Waals surface area contributed by atoms with Gasteiger partial charge in [0.2, 0.25) is 15.9 Å². The number of rotatable bonds is 7. The van der Waals surface area contributed by atoms with E-state index in [1.807, 2.05) is 49.1 Å². The number of carbonyl (C=O) groups excluding carboxylic acids is 2. The summed E-state index contributed by atoms with van der Waals surface area (Å²) in [5.74, 6) is -0.135. The number of likely N-dealkylation sites (tertiary alicyclic amines) is 2. The predicted octanol–water partition coefficient (Wildman–Crippen LogP) is 4.40. The average Bonchev–Trinajstić information content (AvgIpc) is 2.95. The molecule has 2 aliphatic heterocycles. The van der Waals surface area contributed by atoms with Crippen molar-refractivity contribution in [3.63, 3.8) is 0 Å². The van der Waals surface area contributed by atoms with Crippen LogP contribution in [0.5, 0.6) is 0 Å². The van der Waals surface area contributed by atoms with Crippen LogP contribution in [0.25, 0.3) is 10.8 Å². The molecule has 212 valence electrons. The molecule has 5 rings (SSSR count). The largest absolute Gasteiger partial charge is 0.341 e. The zero-order valence-corrected chi connectivity index (χ0v) is 24.0. The van der Waals surface area contributed by atoms with Crippen molar-refractivity contribution in [2.24, 2.45) is 5.92 Å². The van der Waals surface area contributed by atoms with Crippen LogP contribution < -0.4 is 10.0 Å². The summed E-state index contributed by atoms with van der Waals surface area (Å²) < 4.78 is 30.2. The number of hydrogen-bond donors (Lipinski definition) is 2. The normalized spacial score (nSPS) is 20.4. The molecule has 0 saturated carbocycles. The first-order chi connectivity index (χ1) is 19.2. The second-order valence-electron chi connectivity index (χ2n) is 11.1. The molecule has 2 atom stereocenters. The Hall–Kier alpha value is -3.27. The number of hydrogen-bond acceptors (Lipinski definition) is 5. The molecule has 40 heavy (non-hydrogen) atoms. The van der Waals surface area contributed by atoms with Crippen molar-refractivity contribution in [1.29, 1.82) is 0 Å². The van der Waals surface area contributed by atoms with Crippen LogP contribution in [0.2, 0.25) is 0 Å². The molecule has 0 spiro atoms. The molecule has 0 bridgehead atoms. The Morgan fingerprint density at radius 3 is 2.33 bits per heavy atom. The SMILES string of the molecule is Cc1ccccc1C(=O)Nc1ccc(S(=O)(=O)NC2CCN(C(=O)CN3CCCCC3)CC2C)c2ccccc12. The standard InChI is InChI=1S/C31H38N4O4S/c1-22-10-4-5-11-24(22)31(37)32-28-14-15-29(26-13-7-6-12-25(26)28)40(38,39)33-27-16-19-35(20-23(27)2)30(36)21-34-17-8-3-9-18-34/h4-7,10-15,23,27,33H,3,8-9,16-21H2,1-2H3,(H,32,37). The number of anilines is 1. The Morgan fingerprint density at radius 2 is 1.60 bits per heavy atom. The van der Waals surface area contributed by atoms with Crippen LogP contribution >= 0.6 is 0 Å². The number of fused-ring (bicyclic) bond motifs is 1. The number of nitrogens with one attached hydrogen (secondary N) is 2. The molecule has 2 saturated heterocycles. The van der Waals surface area contributed by atoms with E-state index in [9.17, 15) is 18.0 Å². The second-order valence-corrected chi connectivity index (χ2v) is 12.8. The molecule has 2 aliphatic rings. The van der Waals surface area contributed by atoms with E-state index in [4.69, 9.17) is 0 Å². The van der Waals surface area contributed by atoms with Gasteiger partial charge in [-0.05, 0) is 69.0 Å². The van der Waals surface area contributed by atoms with Crippen molar-refractivity contribution in [3.8, 4) is 0 Å². The van der Waals surface area contributed by atoms with Crippen LogP contribution in [0, 0.1) is 12.8 Å². The van der Waals surface area contributed by atoms with Gasteiger partial charge < -0.3 is 10.2 Å². The minimum Gasteiger partial charge on any atom is -0.341 e. The van der Waals surface area contributed by atoms with Crippen molar-refractivity contribution in [2.75, 3.05) is 38.0 Å². The molecule has 2 N–H and O–H groups in total. The number of amides is 2. The maximum atomic E-state index is 13.7. The van der Waals surface area contributed by atoms with Crippen LogP contribution in [-0.2, 0) is 14.8 Å². The van der Waals surface area contributed by atoms with Crippen LogP contribution in [0.4, 0.5) is 5.69 Å². The predicted molar refractivity (Wildman–Crippen MR) is 158 cm³/mol. The quantitative estimate of drug-likeness (QED) is 0.445. The molecule has 3 aromatic rings. The van der Waals surface area contributed by atoms with E-state index in [-0.39, 0.29) is 28.7 Å². The summed E-state index contributed by atoms with van der Waals surface area (Å²) in [5, 5.41) is 4.15. The van der Waals surface area contributed by atoms with E-state index in [0.29, 0.717) is 48.1 Å². The highest BCUT2D eigenvalue weighted by molar-refractivity contribution is 7.89. The zero-order valence-electron chi connectivity index (χ0n) is 23.2. The van der Waals surface area contributed by atoms with Crippen molar-refractivity contribution in [2.45, 2.75) is 50.5 Å². The Labute approximate surface area is 236 Å². The van der Waals surface area contributed by atoms with Crippen molar-refractivity contribution >= 4 is 38.3 Å². The monoisotopic (exact) mass is 562 g/mol. The van der Waals surface area contributed by atoms with Crippen LogP contribution in [0.15, 0.2) is 65.6 Å². The molecular formula is C31H38N4O4S.